The summed E-state index contributed by atoms with van der Waals surface area (Å²) in [5.41, 5.74) is 15.4. The molecule has 1 saturated heterocycles. The predicted octanol–water partition coefficient (Wildman–Crippen LogP) is -1.48. The van der Waals surface area contributed by atoms with Crippen molar-refractivity contribution in [2.45, 2.75) is 37.8 Å². The number of oxime groups is 1. The highest BCUT2D eigenvalue weighted by Gasteiger charge is 2.54. The van der Waals surface area contributed by atoms with Gasteiger partial charge in [-0.05, 0) is 13.8 Å². The zero-order valence-electron chi connectivity index (χ0n) is 24.3. The summed E-state index contributed by atoms with van der Waals surface area (Å²) in [6.45, 7) is 2.99. The number of ketones is 1. The summed E-state index contributed by atoms with van der Waals surface area (Å²) in [5, 5.41) is 27.7. The molecular weight excluding hydrogens is 634 g/mol. The molecule has 2 aliphatic heterocycles. The molecule has 3 amide bonds. The molecule has 2 aliphatic rings. The van der Waals surface area contributed by atoms with Gasteiger partial charge in [-0.15, -0.1) is 21.1 Å². The number of Topliss-reactive ketones (excluding diaryl/α,β-unsaturated/α-hetero) is 1. The van der Waals surface area contributed by atoms with E-state index in [9.17, 15) is 34.2 Å². The number of hydrogen-bond acceptors (Lipinski definition) is 14. The topological polar surface area (TPSA) is 287 Å². The summed E-state index contributed by atoms with van der Waals surface area (Å²) in [7, 11) is 1.62. The Labute approximate surface area is 263 Å². The molecule has 1 fully saturated rings. The van der Waals surface area contributed by atoms with Crippen LogP contribution in [0.25, 0.3) is 0 Å². The Kier molecular flexibility index (Phi) is 9.63. The maximum Gasteiger partial charge on any atom is 0.352 e. The minimum atomic E-state index is -1.79. The van der Waals surface area contributed by atoms with Crippen LogP contribution >= 0.6 is 23.3 Å². The Bertz CT molecular complexity index is 1620. The summed E-state index contributed by atoms with van der Waals surface area (Å²) in [6, 6.07) is -0.516. The molecule has 4 heterocycles. The van der Waals surface area contributed by atoms with E-state index in [2.05, 4.69) is 25.1 Å². The number of anilines is 3. The highest BCUT2D eigenvalue weighted by molar-refractivity contribution is 8.00. The van der Waals surface area contributed by atoms with E-state index in [1.807, 2.05) is 0 Å². The SMILES string of the molecule is Cn1c(N)c(NC(=O)NCCN)c[n+]1CC1=C(C(=O)O)N2C(=O)[C@@H](CC(=O)/C(=N/OC(C)(C)C(=O)O)c3nsc(N)n3)C2SC1. The van der Waals surface area contributed by atoms with Crippen LogP contribution in [0.2, 0.25) is 0 Å². The van der Waals surface area contributed by atoms with E-state index in [0.29, 0.717) is 5.57 Å². The largest absolute Gasteiger partial charge is 0.478 e. The van der Waals surface area contributed by atoms with Crippen LogP contribution in [0.4, 0.5) is 21.4 Å². The number of carboxylic acids is 2. The lowest BCUT2D eigenvalue weighted by Gasteiger charge is -2.49. The first-order chi connectivity index (χ1) is 21.2. The number of nitrogens with two attached hydrogens (primary N) is 3. The normalized spacial score (nSPS) is 18.3. The van der Waals surface area contributed by atoms with Crippen molar-refractivity contribution in [2.24, 2.45) is 23.9 Å². The molecule has 0 radical (unpaired) electrons. The highest BCUT2D eigenvalue weighted by atomic mass is 32.2. The van der Waals surface area contributed by atoms with Gasteiger partial charge in [-0.25, -0.2) is 14.4 Å². The van der Waals surface area contributed by atoms with Gasteiger partial charge in [0.2, 0.25) is 23.5 Å². The second kappa shape index (κ2) is 13.1. The Morgan fingerprint density at radius 1 is 1.27 bits per heavy atom. The van der Waals surface area contributed by atoms with Crippen LogP contribution in [0, 0.1) is 5.92 Å². The van der Waals surface area contributed by atoms with Crippen molar-refractivity contribution in [3.63, 3.8) is 0 Å². The second-order valence-electron chi connectivity index (χ2n) is 10.4. The van der Waals surface area contributed by atoms with Crippen LogP contribution in [0.5, 0.6) is 0 Å². The molecule has 2 aromatic rings. The number of aromatic nitrogens is 4. The molecule has 21 heteroatoms. The van der Waals surface area contributed by atoms with E-state index in [1.54, 1.807) is 11.7 Å². The maximum absolute atomic E-state index is 13.3. The van der Waals surface area contributed by atoms with Crippen LogP contribution < -0.4 is 32.5 Å². The standard InChI is InChI=1S/C24H31N11O8S2/c1-24(2,21(40)41)43-31-14(17-30-22(27)45-32-17)13(36)6-11-18(37)35-15(20(38)39)10(9-44-19(11)35)7-34-8-12(16(26)33(34)3)29-23(42)28-5-4-25/h8,11,19,26H,4-7,9,25H2,1-3H3,(H6,27,28,29,30,32,38,39,40,41,42)/p+1/b31-14-/t11-,19?/m1/s1. The predicted molar refractivity (Wildman–Crippen MR) is 161 cm³/mol. The van der Waals surface area contributed by atoms with E-state index in [4.69, 9.17) is 22.0 Å². The van der Waals surface area contributed by atoms with Crippen LogP contribution in [0.15, 0.2) is 22.6 Å². The monoisotopic (exact) mass is 666 g/mol. The number of amides is 3. The molecular formula is C24H32N11O8S2+. The highest BCUT2D eigenvalue weighted by Crippen LogP contribution is 2.45. The lowest BCUT2D eigenvalue weighted by atomic mass is 9.89. The minimum Gasteiger partial charge on any atom is -0.478 e. The first-order valence-corrected chi connectivity index (χ1v) is 15.1. The van der Waals surface area contributed by atoms with Gasteiger partial charge in [-0.2, -0.15) is 9.36 Å². The van der Waals surface area contributed by atoms with Crippen molar-refractivity contribution in [2.75, 3.05) is 35.6 Å². The first kappa shape index (κ1) is 33.1. The number of rotatable bonds is 13. The fraction of sp³-hybridized carbons (Fsp3) is 0.458. The lowest BCUT2D eigenvalue weighted by molar-refractivity contribution is -0.765. The van der Waals surface area contributed by atoms with E-state index in [1.165, 1.54) is 36.5 Å². The number of carboxylic acid groups (broad SMARTS) is 2. The number of thioether (sulfide) groups is 1. The summed E-state index contributed by atoms with van der Waals surface area (Å²) < 4.78 is 7.07. The molecule has 2 aromatic heterocycles. The quantitative estimate of drug-likeness (QED) is 0.0556. The molecule has 1 unspecified atom stereocenters. The second-order valence-corrected chi connectivity index (χ2v) is 12.3. The van der Waals surface area contributed by atoms with Crippen molar-refractivity contribution in [3.8, 4) is 0 Å². The maximum atomic E-state index is 13.3. The Hall–Kier alpha value is -4.76. The summed E-state index contributed by atoms with van der Waals surface area (Å²) >= 11 is 2.06. The average molecular weight is 667 g/mol. The molecule has 4 rings (SSSR count). The van der Waals surface area contributed by atoms with Gasteiger partial charge in [0.25, 0.3) is 0 Å². The fourth-order valence-electron chi connectivity index (χ4n) is 4.39. The Morgan fingerprint density at radius 3 is 2.58 bits per heavy atom. The first-order valence-electron chi connectivity index (χ1n) is 13.3. The van der Waals surface area contributed by atoms with Gasteiger partial charge < -0.3 is 37.6 Å². The smallest absolute Gasteiger partial charge is 0.352 e. The fourth-order valence-corrected chi connectivity index (χ4v) is 6.23. The third kappa shape index (κ3) is 6.83. The number of fused-ring (bicyclic) bond motifs is 1. The van der Waals surface area contributed by atoms with Crippen LogP contribution in [-0.2, 0) is 37.6 Å². The van der Waals surface area contributed by atoms with Gasteiger partial charge in [0.15, 0.2) is 34.7 Å². The number of nitrogens with zero attached hydrogens (tertiary/aromatic N) is 6. The number of carbonyl (C=O) groups is 5. The van der Waals surface area contributed by atoms with Crippen molar-refractivity contribution >= 4 is 75.3 Å². The van der Waals surface area contributed by atoms with E-state index >= 15 is 0 Å². The van der Waals surface area contributed by atoms with Crippen LogP contribution in [-0.4, -0.2) is 94.3 Å². The molecule has 0 bridgehead atoms. The molecule has 0 saturated carbocycles. The van der Waals surface area contributed by atoms with Gasteiger partial charge in [0, 0.05) is 42.4 Å². The zero-order chi connectivity index (χ0) is 33.2. The number of nitrogen functional groups attached to an aromatic ring is 2. The zero-order valence-corrected chi connectivity index (χ0v) is 26.0. The third-order valence-electron chi connectivity index (χ3n) is 6.88. The number of carbonyl (C=O) groups excluding carboxylic acids is 3. The van der Waals surface area contributed by atoms with Crippen LogP contribution in [0.3, 0.4) is 0 Å². The van der Waals surface area contributed by atoms with Crippen LogP contribution in [0.1, 0.15) is 26.1 Å². The van der Waals surface area contributed by atoms with Gasteiger partial charge in [-0.3, -0.25) is 19.8 Å². The molecule has 45 heavy (non-hydrogen) atoms. The Morgan fingerprint density at radius 2 is 1.98 bits per heavy atom. The molecule has 0 spiro atoms. The van der Waals surface area contributed by atoms with E-state index < -0.39 is 58.7 Å². The van der Waals surface area contributed by atoms with Crippen molar-refractivity contribution in [3.05, 3.63) is 23.3 Å². The van der Waals surface area contributed by atoms with Crippen molar-refractivity contribution in [1.29, 1.82) is 0 Å². The summed E-state index contributed by atoms with van der Waals surface area (Å²) in [4.78, 5) is 72.8. The molecule has 0 aromatic carbocycles. The van der Waals surface area contributed by atoms with Gasteiger partial charge in [0.05, 0.1) is 18.3 Å². The number of nitrogens with one attached hydrogen (secondary N) is 2. The third-order valence-corrected chi connectivity index (χ3v) is 8.82. The molecule has 242 valence electrons. The molecule has 0 aliphatic carbocycles. The Balaban J connectivity index is 1.54. The molecule has 10 N–H and O–H groups in total. The average Bonchev–Trinajstić information content (AvgIpc) is 3.52. The van der Waals surface area contributed by atoms with Gasteiger partial charge in [0.1, 0.15) is 5.70 Å². The summed E-state index contributed by atoms with van der Waals surface area (Å²) in [6.07, 6.45) is 1.14. The van der Waals surface area contributed by atoms with Gasteiger partial charge >= 0.3 is 18.0 Å². The molecule has 2 atom stereocenters. The van der Waals surface area contributed by atoms with E-state index in [-0.39, 0.29) is 53.5 Å². The minimum absolute atomic E-state index is 0.0242. The van der Waals surface area contributed by atoms with E-state index in [0.717, 1.165) is 16.4 Å². The number of urea groups is 1. The number of hydrogen-bond donors (Lipinski definition) is 7. The molecule has 19 nitrogen and oxygen atoms in total. The number of aliphatic carboxylic acids is 2. The lowest BCUT2D eigenvalue weighted by Crippen LogP contribution is -2.62. The van der Waals surface area contributed by atoms with Gasteiger partial charge in [-0.1, -0.05) is 5.16 Å². The van der Waals surface area contributed by atoms with Crippen molar-refractivity contribution in [1.82, 2.24) is 24.3 Å². The number of β-lactam (4-membered cyclic amide) rings is 1. The summed E-state index contributed by atoms with van der Waals surface area (Å²) in [5.74, 6) is -4.67. The van der Waals surface area contributed by atoms with Crippen molar-refractivity contribution < 1.29 is 43.7 Å².